The monoisotopic (exact) mass is 1090 g/mol. The predicted molar refractivity (Wildman–Crippen MR) is 295 cm³/mol. The second-order valence-electron chi connectivity index (χ2n) is 19.0. The van der Waals surface area contributed by atoms with Gasteiger partial charge in [0.25, 0.3) is 0 Å². The fraction of sp³-hybridized carbons (Fsp3) is 0.389. The number of aliphatic hydroxyl groups is 2. The van der Waals surface area contributed by atoms with Gasteiger partial charge in [-0.25, -0.2) is 23.1 Å². The maximum Gasteiger partial charge on any atom is 0.319 e. The fourth-order valence-electron chi connectivity index (χ4n) is 9.25. The number of likely N-dealkylation sites (tertiary alicyclic amines) is 2. The average Bonchev–Trinajstić information content (AvgIpc) is 3.81. The third-order valence-corrected chi connectivity index (χ3v) is 13.2. The van der Waals surface area contributed by atoms with Gasteiger partial charge in [-0.05, 0) is 171 Å². The Morgan fingerprint density at radius 2 is 1.20 bits per heavy atom. The van der Waals surface area contributed by atoms with E-state index in [1.54, 1.807) is 66.6 Å². The molecule has 75 heavy (non-hydrogen) atoms. The van der Waals surface area contributed by atoms with Gasteiger partial charge in [-0.15, -0.1) is 5.10 Å². The molecule has 21 heteroatoms. The van der Waals surface area contributed by atoms with Crippen molar-refractivity contribution in [2.45, 2.75) is 89.8 Å². The van der Waals surface area contributed by atoms with Gasteiger partial charge in [-0.1, -0.05) is 40.2 Å². The zero-order valence-electron chi connectivity index (χ0n) is 42.6. The van der Waals surface area contributed by atoms with Crippen LogP contribution in [0.4, 0.5) is 41.1 Å². The molecule has 2 saturated heterocycles. The minimum Gasteiger partial charge on any atom is -0.405 e. The Morgan fingerprint density at radius 1 is 0.733 bits per heavy atom. The number of urea groups is 2. The molecule has 0 spiro atoms. The fourth-order valence-corrected chi connectivity index (χ4v) is 9.74. The average molecular weight is 1100 g/mol. The van der Waals surface area contributed by atoms with E-state index in [2.05, 4.69) is 72.5 Å². The van der Waals surface area contributed by atoms with Crippen LogP contribution in [-0.2, 0) is 19.9 Å². The van der Waals surface area contributed by atoms with E-state index in [0.717, 1.165) is 85.9 Å². The highest BCUT2D eigenvalue weighted by Crippen LogP contribution is 2.29. The second-order valence-corrected chi connectivity index (χ2v) is 19.9. The lowest BCUT2D eigenvalue weighted by Gasteiger charge is -2.37. The number of amides is 4. The van der Waals surface area contributed by atoms with Gasteiger partial charge in [0.15, 0.2) is 5.82 Å². The van der Waals surface area contributed by atoms with Crippen LogP contribution < -0.4 is 32.7 Å². The van der Waals surface area contributed by atoms with Crippen LogP contribution in [0.1, 0.15) is 63.5 Å². The first-order valence-electron chi connectivity index (χ1n) is 25.1. The number of aliphatic imine (C=N–C) groups is 2. The Kier molecular flexibility index (Phi) is 22.4. The van der Waals surface area contributed by atoms with Crippen molar-refractivity contribution in [3.8, 4) is 11.4 Å². The van der Waals surface area contributed by atoms with Gasteiger partial charge < -0.3 is 42.9 Å². The largest absolute Gasteiger partial charge is 0.405 e. The first kappa shape index (κ1) is 57.4. The number of nitrogens with zero attached hydrogens (tertiary/aromatic N) is 8. The summed E-state index contributed by atoms with van der Waals surface area (Å²) < 4.78 is 28.7. The number of halogens is 3. The van der Waals surface area contributed by atoms with Gasteiger partial charge in [0.1, 0.15) is 24.1 Å². The van der Waals surface area contributed by atoms with E-state index in [1.165, 1.54) is 36.7 Å². The summed E-state index contributed by atoms with van der Waals surface area (Å²) in [5.74, 6) is 0.904. The molecule has 2 fully saturated rings. The Balaban J connectivity index is 0.000000244. The van der Waals surface area contributed by atoms with Crippen molar-refractivity contribution >= 4 is 63.2 Å². The Bertz CT molecular complexity index is 2680. The second kappa shape index (κ2) is 29.3. The normalized spacial score (nSPS) is 18.1. The van der Waals surface area contributed by atoms with E-state index in [9.17, 15) is 28.6 Å². The number of allylic oxidation sites excluding steroid dienone is 2. The number of aliphatic hydroxyl groups excluding tert-OH is 2. The number of hydrogen-bond donors (Lipinski definition) is 8. The third kappa shape index (κ3) is 19.4. The van der Waals surface area contributed by atoms with Crippen molar-refractivity contribution in [3.63, 3.8) is 0 Å². The van der Waals surface area contributed by atoms with Gasteiger partial charge in [-0.2, -0.15) is 0 Å². The highest BCUT2D eigenvalue weighted by Gasteiger charge is 2.28. The summed E-state index contributed by atoms with van der Waals surface area (Å²) in [4.78, 5) is 38.1. The van der Waals surface area contributed by atoms with Crippen LogP contribution in [0.3, 0.4) is 0 Å². The highest BCUT2D eigenvalue weighted by molar-refractivity contribution is 9.10. The lowest BCUT2D eigenvalue weighted by molar-refractivity contribution is -0.0308. The zero-order chi connectivity index (χ0) is 53.7. The van der Waals surface area contributed by atoms with Crippen LogP contribution in [-0.4, -0.2) is 115 Å². The number of tetrazole rings is 1. The third-order valence-electron chi connectivity index (χ3n) is 12.7. The number of aryl methyl sites for hydroxylation is 1. The molecule has 0 aliphatic carbocycles. The van der Waals surface area contributed by atoms with Crippen molar-refractivity contribution in [1.82, 2.24) is 40.6 Å². The first-order valence-corrected chi connectivity index (χ1v) is 25.9. The number of hydrogen-bond acceptors (Lipinski definition) is 13. The van der Waals surface area contributed by atoms with E-state index in [-0.39, 0.29) is 29.7 Å². The molecule has 0 unspecified atom stereocenters. The molecule has 0 saturated carbocycles. The number of piperidine rings is 2. The lowest BCUT2D eigenvalue weighted by atomic mass is 9.91. The molecule has 18 nitrogen and oxygen atoms in total. The lowest BCUT2D eigenvalue weighted by Crippen LogP contribution is -2.47. The molecular weight excluding hydrogens is 1030 g/mol. The maximum atomic E-state index is 13.2. The molecule has 4 aromatic carbocycles. The van der Waals surface area contributed by atoms with Crippen LogP contribution in [0.2, 0.25) is 0 Å². The highest BCUT2D eigenvalue weighted by atomic mass is 79.9. The van der Waals surface area contributed by atoms with Crippen LogP contribution in [0.15, 0.2) is 124 Å². The van der Waals surface area contributed by atoms with Crippen molar-refractivity contribution < 1.29 is 28.6 Å². The van der Waals surface area contributed by atoms with Gasteiger partial charge in [-0.3, -0.25) is 19.8 Å². The Labute approximate surface area is 445 Å². The Morgan fingerprint density at radius 3 is 1.64 bits per heavy atom. The van der Waals surface area contributed by atoms with Crippen molar-refractivity contribution in [2.75, 3.05) is 36.8 Å². The molecule has 0 radical (unpaired) electrons. The van der Waals surface area contributed by atoms with E-state index in [0.29, 0.717) is 53.3 Å². The van der Waals surface area contributed by atoms with Crippen LogP contribution >= 0.6 is 15.9 Å². The maximum absolute atomic E-state index is 13.2. The van der Waals surface area contributed by atoms with Crippen molar-refractivity contribution in [3.05, 3.63) is 137 Å². The predicted octanol–water partition coefficient (Wildman–Crippen LogP) is 8.30. The summed E-state index contributed by atoms with van der Waals surface area (Å²) in [6.07, 6.45) is 14.3. The summed E-state index contributed by atoms with van der Waals surface area (Å²) in [6.45, 7) is 6.88. The molecular formula is C54H69BrF2N14O4. The van der Waals surface area contributed by atoms with Crippen molar-refractivity contribution in [2.24, 2.45) is 40.3 Å². The van der Waals surface area contributed by atoms with Crippen LogP contribution in [0.5, 0.6) is 0 Å². The molecule has 7 rings (SSSR count). The van der Waals surface area contributed by atoms with E-state index in [4.69, 9.17) is 11.5 Å². The van der Waals surface area contributed by atoms with Crippen LogP contribution in [0, 0.1) is 23.5 Å². The number of carbonyl (C=O) groups is 2. The minimum absolute atomic E-state index is 0.229. The van der Waals surface area contributed by atoms with Gasteiger partial charge in [0, 0.05) is 92.0 Å². The summed E-state index contributed by atoms with van der Waals surface area (Å²) in [7, 11) is 1.75. The smallest absolute Gasteiger partial charge is 0.319 e. The van der Waals surface area contributed by atoms with E-state index >= 15 is 0 Å². The summed E-state index contributed by atoms with van der Waals surface area (Å²) in [5, 5.41) is 44.7. The minimum atomic E-state index is -0.680. The molecule has 1 aromatic heterocycles. The first-order chi connectivity index (χ1) is 36.1. The topological polar surface area (TPSA) is 250 Å². The van der Waals surface area contributed by atoms with E-state index in [1.807, 2.05) is 44.2 Å². The van der Waals surface area contributed by atoms with Gasteiger partial charge >= 0.3 is 12.1 Å². The Hall–Kier alpha value is -6.91. The molecule has 400 valence electrons. The number of nitrogens with two attached hydrogens (primary N) is 2. The summed E-state index contributed by atoms with van der Waals surface area (Å²) >= 11 is 3.46. The standard InChI is InChI=1S/C29H38FN7O2.C25H31BrFN7O2/c1-21(15-28(38)37-14-2-5-23(20-37)16-22-6-8-24(30)9-7-22)35-29(39)36-27-18-25(33-12-3-10-31)17-26(19-27)34-13-4-11-32;1-16(10-23(35)34-9-3-4-18(15-34)11-17-5-7-21(27)8-6-17)28-25(36)29-22-13-19(12-20(26)14-22)24-30-31-32-33(24)2/h3-4,6-13,17-19,21,23,28,38H,2,5,14-16,20,31-32H2,1H3,(H2,35,36,39);5-8,12-14,16,18,23,35H,3-4,9-11,15H2,1-2H3,(H2,28,29,36)/t21-,23+,28-;16-,18+,23-/m11/s1. The molecule has 10 N–H and O–H groups in total. The molecule has 5 aromatic rings. The summed E-state index contributed by atoms with van der Waals surface area (Å²) in [6, 6.07) is 22.6. The SMILES string of the molecule is C[C@H](C[C@@H](O)N1CCC[C@@H](Cc2ccc(F)cc2)C1)NC(=O)Nc1cc(Br)cc(-c2nnnn2C)c1.C[C@H](C[C@@H](O)N1CCC[C@@H](Cc2ccc(F)cc2)C1)NC(=O)Nc1cc(N=CC=CN)cc(N=CC=CN)c1. The number of nitrogens with one attached hydrogen (secondary N) is 4. The number of aromatic nitrogens is 4. The molecule has 3 heterocycles. The van der Waals surface area contributed by atoms with Crippen molar-refractivity contribution in [1.29, 1.82) is 0 Å². The number of rotatable bonds is 19. The number of carbonyl (C=O) groups excluding carboxylic acids is 2. The zero-order valence-corrected chi connectivity index (χ0v) is 44.2. The quantitative estimate of drug-likeness (QED) is 0.0365. The van der Waals surface area contributed by atoms with E-state index < -0.39 is 18.5 Å². The molecule has 2 aliphatic heterocycles. The van der Waals surface area contributed by atoms with Gasteiger partial charge in [0.05, 0.1) is 11.4 Å². The van der Waals surface area contributed by atoms with Crippen LogP contribution in [0.25, 0.3) is 11.4 Å². The molecule has 2 aliphatic rings. The number of benzene rings is 4. The molecule has 6 atom stereocenters. The molecule has 0 bridgehead atoms. The molecule has 4 amide bonds. The summed E-state index contributed by atoms with van der Waals surface area (Å²) in [5.41, 5.74) is 15.9. The van der Waals surface area contributed by atoms with Gasteiger partial charge in [0.2, 0.25) is 0 Å². The number of anilines is 2.